The second-order valence-electron chi connectivity index (χ2n) is 4.64. The Hall–Kier alpha value is -0.840. The van der Waals surface area contributed by atoms with Crippen molar-refractivity contribution < 1.29 is 13.9 Å². The van der Waals surface area contributed by atoms with Crippen LogP contribution in [0.25, 0.3) is 0 Å². The van der Waals surface area contributed by atoms with E-state index in [9.17, 15) is 0 Å². The van der Waals surface area contributed by atoms with Crippen LogP contribution in [0.15, 0.2) is 23.0 Å². The van der Waals surface area contributed by atoms with Crippen molar-refractivity contribution in [3.8, 4) is 0 Å². The monoisotopic (exact) mass is 225 g/mol. The van der Waals surface area contributed by atoms with Gasteiger partial charge in [0.05, 0.1) is 25.2 Å². The number of hydrogen-bond donors (Lipinski definition) is 1. The van der Waals surface area contributed by atoms with Crippen molar-refractivity contribution in [1.29, 1.82) is 0 Å². The zero-order chi connectivity index (χ0) is 11.6. The first-order chi connectivity index (χ1) is 7.57. The molecule has 0 saturated carbocycles. The fraction of sp³-hybridized carbons (Fsp3) is 0.667. The summed E-state index contributed by atoms with van der Waals surface area (Å²) in [5.74, 6) is -0.439. The molecule has 1 N–H and O–H groups in total. The van der Waals surface area contributed by atoms with Gasteiger partial charge in [-0.1, -0.05) is 0 Å². The Labute approximate surface area is 95.9 Å². The van der Waals surface area contributed by atoms with Crippen LogP contribution >= 0.6 is 0 Å². The van der Waals surface area contributed by atoms with Crippen molar-refractivity contribution in [1.82, 2.24) is 5.32 Å². The second-order valence-corrected chi connectivity index (χ2v) is 4.64. The average molecular weight is 225 g/mol. The van der Waals surface area contributed by atoms with Crippen LogP contribution in [0, 0.1) is 0 Å². The molecule has 0 radical (unpaired) electrons. The predicted octanol–water partition coefficient (Wildman–Crippen LogP) is 2.08. The Morgan fingerprint density at radius 1 is 1.56 bits per heavy atom. The van der Waals surface area contributed by atoms with E-state index in [1.54, 1.807) is 12.5 Å². The number of hydrogen-bond acceptors (Lipinski definition) is 4. The van der Waals surface area contributed by atoms with Crippen LogP contribution in [0.1, 0.15) is 32.4 Å². The van der Waals surface area contributed by atoms with E-state index in [2.05, 4.69) is 12.2 Å². The Kier molecular flexibility index (Phi) is 3.33. The molecule has 0 bridgehead atoms. The van der Waals surface area contributed by atoms with E-state index in [0.717, 1.165) is 12.1 Å². The fourth-order valence-electron chi connectivity index (χ4n) is 1.81. The van der Waals surface area contributed by atoms with Crippen molar-refractivity contribution in [3.05, 3.63) is 24.2 Å². The number of ether oxygens (including phenoxy) is 2. The molecular formula is C12H19NO3. The zero-order valence-electron chi connectivity index (χ0n) is 10.0. The van der Waals surface area contributed by atoms with Gasteiger partial charge in [-0.2, -0.15) is 0 Å². The smallest absolute Gasteiger partial charge is 0.163 e. The number of furan rings is 1. The molecule has 90 valence electrons. The summed E-state index contributed by atoms with van der Waals surface area (Å²) in [4.78, 5) is 0. The third-order valence-corrected chi connectivity index (χ3v) is 2.76. The number of nitrogens with one attached hydrogen (secondary N) is 1. The molecule has 1 aliphatic heterocycles. The Balaban J connectivity index is 1.76. The van der Waals surface area contributed by atoms with Gasteiger partial charge in [-0.25, -0.2) is 0 Å². The lowest BCUT2D eigenvalue weighted by Gasteiger charge is -2.18. The Bertz CT molecular complexity index is 321. The van der Waals surface area contributed by atoms with Crippen molar-refractivity contribution in [2.45, 2.75) is 38.7 Å². The third kappa shape index (κ3) is 2.84. The van der Waals surface area contributed by atoms with Crippen molar-refractivity contribution in [2.75, 3.05) is 13.2 Å². The van der Waals surface area contributed by atoms with Gasteiger partial charge in [-0.3, -0.25) is 0 Å². The van der Waals surface area contributed by atoms with Crippen molar-refractivity contribution in [2.24, 2.45) is 0 Å². The normalized spacial score (nSPS) is 25.8. The maximum Gasteiger partial charge on any atom is 0.163 e. The van der Waals surface area contributed by atoms with E-state index in [0.29, 0.717) is 6.61 Å². The van der Waals surface area contributed by atoms with E-state index in [1.807, 2.05) is 19.9 Å². The van der Waals surface area contributed by atoms with Crippen LogP contribution in [0.4, 0.5) is 0 Å². The van der Waals surface area contributed by atoms with E-state index in [1.165, 1.54) is 0 Å². The molecule has 1 aliphatic rings. The van der Waals surface area contributed by atoms with E-state index < -0.39 is 5.79 Å². The van der Waals surface area contributed by atoms with Gasteiger partial charge in [0.1, 0.15) is 0 Å². The van der Waals surface area contributed by atoms with Gasteiger partial charge < -0.3 is 19.2 Å². The van der Waals surface area contributed by atoms with E-state index >= 15 is 0 Å². The fourth-order valence-corrected chi connectivity index (χ4v) is 1.81. The molecule has 0 aromatic carbocycles. The molecule has 0 aliphatic carbocycles. The Morgan fingerprint density at radius 3 is 2.94 bits per heavy atom. The third-order valence-electron chi connectivity index (χ3n) is 2.76. The molecule has 2 unspecified atom stereocenters. The van der Waals surface area contributed by atoms with Gasteiger partial charge in [0.2, 0.25) is 0 Å². The van der Waals surface area contributed by atoms with Crippen molar-refractivity contribution >= 4 is 0 Å². The maximum absolute atomic E-state index is 5.71. The lowest BCUT2D eigenvalue weighted by molar-refractivity contribution is -0.137. The van der Waals surface area contributed by atoms with E-state index in [-0.39, 0.29) is 12.1 Å². The number of rotatable bonds is 4. The molecule has 4 nitrogen and oxygen atoms in total. The minimum Gasteiger partial charge on any atom is -0.472 e. The van der Waals surface area contributed by atoms with Gasteiger partial charge in [-0.05, 0) is 26.8 Å². The van der Waals surface area contributed by atoms with Crippen LogP contribution in [0.3, 0.4) is 0 Å². The maximum atomic E-state index is 5.71. The lowest BCUT2D eigenvalue weighted by atomic mass is 10.2. The average Bonchev–Trinajstić information content (AvgIpc) is 2.83. The predicted molar refractivity (Wildman–Crippen MR) is 60.0 cm³/mol. The second kappa shape index (κ2) is 4.57. The van der Waals surface area contributed by atoms with Gasteiger partial charge in [0.15, 0.2) is 5.79 Å². The van der Waals surface area contributed by atoms with Gasteiger partial charge >= 0.3 is 0 Å². The summed E-state index contributed by atoms with van der Waals surface area (Å²) in [6, 6.07) is 2.24. The quantitative estimate of drug-likeness (QED) is 0.852. The van der Waals surface area contributed by atoms with Crippen molar-refractivity contribution in [3.63, 3.8) is 0 Å². The molecule has 16 heavy (non-hydrogen) atoms. The lowest BCUT2D eigenvalue weighted by Crippen LogP contribution is -2.32. The first-order valence-corrected chi connectivity index (χ1v) is 5.64. The summed E-state index contributed by atoms with van der Waals surface area (Å²) >= 11 is 0. The summed E-state index contributed by atoms with van der Waals surface area (Å²) in [5, 5.41) is 3.40. The highest BCUT2D eigenvalue weighted by Gasteiger charge is 2.32. The summed E-state index contributed by atoms with van der Waals surface area (Å²) < 4.78 is 16.2. The van der Waals surface area contributed by atoms with Gasteiger partial charge in [0.25, 0.3) is 0 Å². The first-order valence-electron chi connectivity index (χ1n) is 5.64. The standard InChI is InChI=1S/C12H19NO3/c1-9(10-4-5-14-7-10)13-6-11-8-15-12(2,3)16-11/h4-5,7,9,11,13H,6,8H2,1-3H3. The van der Waals surface area contributed by atoms with Crippen LogP contribution < -0.4 is 5.32 Å². The van der Waals surface area contributed by atoms with Crippen LogP contribution in [0.2, 0.25) is 0 Å². The zero-order valence-corrected chi connectivity index (χ0v) is 10.0. The van der Waals surface area contributed by atoms with Gasteiger partial charge in [0, 0.05) is 18.2 Å². The largest absolute Gasteiger partial charge is 0.472 e. The molecule has 2 atom stereocenters. The molecule has 1 aromatic heterocycles. The summed E-state index contributed by atoms with van der Waals surface area (Å²) in [6.45, 7) is 7.42. The van der Waals surface area contributed by atoms with E-state index in [4.69, 9.17) is 13.9 Å². The summed E-state index contributed by atoms with van der Waals surface area (Å²) in [7, 11) is 0. The molecule has 2 heterocycles. The topological polar surface area (TPSA) is 43.6 Å². The molecule has 1 fully saturated rings. The minimum atomic E-state index is -0.439. The van der Waals surface area contributed by atoms with Crippen LogP contribution in [-0.4, -0.2) is 25.0 Å². The van der Waals surface area contributed by atoms with Crippen LogP contribution in [0.5, 0.6) is 0 Å². The summed E-state index contributed by atoms with van der Waals surface area (Å²) in [6.07, 6.45) is 3.57. The van der Waals surface area contributed by atoms with Crippen LogP contribution in [-0.2, 0) is 9.47 Å². The highest BCUT2D eigenvalue weighted by Crippen LogP contribution is 2.22. The molecule has 0 amide bonds. The molecule has 1 saturated heterocycles. The highest BCUT2D eigenvalue weighted by atomic mass is 16.7. The molecule has 0 spiro atoms. The Morgan fingerprint density at radius 2 is 2.38 bits per heavy atom. The first kappa shape index (κ1) is 11.6. The van der Waals surface area contributed by atoms with Gasteiger partial charge in [-0.15, -0.1) is 0 Å². The molecule has 1 aromatic rings. The molecule has 4 heteroatoms. The SMILES string of the molecule is CC(NCC1COC(C)(C)O1)c1ccoc1. The summed E-state index contributed by atoms with van der Waals surface area (Å²) in [5.41, 5.74) is 1.15. The molecule has 2 rings (SSSR count). The molecular weight excluding hydrogens is 206 g/mol. The minimum absolute atomic E-state index is 0.129. The highest BCUT2D eigenvalue weighted by molar-refractivity contribution is 5.10.